The molecule has 0 spiro atoms. The summed E-state index contributed by atoms with van der Waals surface area (Å²) in [6, 6.07) is 8.39. The first-order valence-corrected chi connectivity index (χ1v) is 10.3. The van der Waals surface area contributed by atoms with E-state index in [1.165, 1.54) is 37.7 Å². The third-order valence-electron chi connectivity index (χ3n) is 6.88. The molecular weight excluding hydrogens is 326 g/mol. The summed E-state index contributed by atoms with van der Waals surface area (Å²) < 4.78 is 6.07. The molecule has 4 rings (SSSR count). The Kier molecular flexibility index (Phi) is 5.21. The van der Waals surface area contributed by atoms with Gasteiger partial charge in [0, 0.05) is 19.6 Å². The summed E-state index contributed by atoms with van der Waals surface area (Å²) in [6.45, 7) is 3.27. The molecule has 2 aliphatic carbocycles. The van der Waals surface area contributed by atoms with Gasteiger partial charge in [0.1, 0.15) is 5.75 Å². The highest BCUT2D eigenvalue weighted by Gasteiger charge is 2.54. The van der Waals surface area contributed by atoms with E-state index in [9.17, 15) is 9.90 Å². The van der Waals surface area contributed by atoms with Crippen LogP contribution in [0.4, 0.5) is 0 Å². The molecule has 0 amide bonds. The van der Waals surface area contributed by atoms with Crippen LogP contribution in [-0.4, -0.2) is 35.7 Å². The normalized spacial score (nSPS) is 29.6. The van der Waals surface area contributed by atoms with E-state index in [0.29, 0.717) is 18.4 Å². The molecule has 1 heterocycles. The van der Waals surface area contributed by atoms with Crippen LogP contribution in [0.25, 0.3) is 0 Å². The smallest absolute Gasteiger partial charge is 0.311 e. The average molecular weight is 357 g/mol. The summed E-state index contributed by atoms with van der Waals surface area (Å²) in [5.74, 6) is 1.40. The molecule has 1 N–H and O–H groups in total. The molecule has 4 heteroatoms. The lowest BCUT2D eigenvalue weighted by atomic mass is 9.81. The summed E-state index contributed by atoms with van der Waals surface area (Å²) in [5, 5.41) is 9.75. The Bertz CT molecular complexity index is 640. The van der Waals surface area contributed by atoms with Crippen molar-refractivity contribution in [1.82, 2.24) is 4.90 Å². The number of ether oxygens (including phenoxy) is 1. The van der Waals surface area contributed by atoms with Gasteiger partial charge in [-0.3, -0.25) is 9.69 Å². The van der Waals surface area contributed by atoms with Gasteiger partial charge in [-0.25, -0.2) is 0 Å². The predicted octanol–water partition coefficient (Wildman–Crippen LogP) is 4.33. The number of aliphatic carboxylic acids is 1. The van der Waals surface area contributed by atoms with Crippen LogP contribution in [0, 0.1) is 17.3 Å². The molecule has 2 saturated carbocycles. The van der Waals surface area contributed by atoms with E-state index in [4.69, 9.17) is 4.74 Å². The maximum absolute atomic E-state index is 11.8. The van der Waals surface area contributed by atoms with Gasteiger partial charge in [0.2, 0.25) is 0 Å². The van der Waals surface area contributed by atoms with E-state index >= 15 is 0 Å². The maximum Gasteiger partial charge on any atom is 0.311 e. The molecule has 0 radical (unpaired) electrons. The number of likely N-dealkylation sites (tertiary alicyclic amines) is 1. The fraction of sp³-hybridized carbons (Fsp3) is 0.682. The van der Waals surface area contributed by atoms with Gasteiger partial charge in [0.15, 0.2) is 0 Å². The first-order chi connectivity index (χ1) is 12.7. The molecule has 26 heavy (non-hydrogen) atoms. The van der Waals surface area contributed by atoms with E-state index in [1.807, 2.05) is 6.07 Å². The summed E-state index contributed by atoms with van der Waals surface area (Å²) in [7, 11) is 0. The standard InChI is InChI=1S/C22H31NO3/c24-21(25)22-11-5-9-19(22)14-23(16-22)13-18-8-4-10-20(12-18)26-15-17-6-2-1-3-7-17/h4,8,10,12,17,19H,1-3,5-7,9,11,13-16H2,(H,24,25)/t19-,22+/m0/s1. The highest BCUT2D eigenvalue weighted by Crippen LogP contribution is 2.49. The number of carbonyl (C=O) groups is 1. The molecule has 1 aliphatic heterocycles. The average Bonchev–Trinajstić information content (AvgIpc) is 3.19. The Balaban J connectivity index is 1.35. The minimum atomic E-state index is -0.591. The first-order valence-electron chi connectivity index (χ1n) is 10.3. The molecule has 2 atom stereocenters. The topological polar surface area (TPSA) is 49.8 Å². The second kappa shape index (κ2) is 7.59. The highest BCUT2D eigenvalue weighted by atomic mass is 16.5. The lowest BCUT2D eigenvalue weighted by Crippen LogP contribution is -2.35. The van der Waals surface area contributed by atoms with E-state index in [1.54, 1.807) is 0 Å². The van der Waals surface area contributed by atoms with Gasteiger partial charge in [0.05, 0.1) is 12.0 Å². The number of nitrogens with zero attached hydrogens (tertiary/aromatic N) is 1. The van der Waals surface area contributed by atoms with Crippen LogP contribution < -0.4 is 4.74 Å². The van der Waals surface area contributed by atoms with Gasteiger partial charge < -0.3 is 9.84 Å². The van der Waals surface area contributed by atoms with Gasteiger partial charge >= 0.3 is 5.97 Å². The molecule has 0 unspecified atom stereocenters. The van der Waals surface area contributed by atoms with Crippen LogP contribution in [0.3, 0.4) is 0 Å². The van der Waals surface area contributed by atoms with Gasteiger partial charge in [-0.2, -0.15) is 0 Å². The van der Waals surface area contributed by atoms with Gasteiger partial charge in [-0.05, 0) is 55.2 Å². The molecule has 1 saturated heterocycles. The van der Waals surface area contributed by atoms with E-state index in [-0.39, 0.29) is 0 Å². The van der Waals surface area contributed by atoms with Crippen LogP contribution in [-0.2, 0) is 11.3 Å². The third-order valence-corrected chi connectivity index (χ3v) is 6.88. The second-order valence-corrected chi connectivity index (χ2v) is 8.68. The predicted molar refractivity (Wildman–Crippen MR) is 101 cm³/mol. The molecule has 1 aromatic carbocycles. The molecule has 1 aromatic rings. The van der Waals surface area contributed by atoms with Crippen LogP contribution in [0.5, 0.6) is 5.75 Å². The molecule has 0 bridgehead atoms. The monoisotopic (exact) mass is 357 g/mol. The fourth-order valence-corrected chi connectivity index (χ4v) is 5.42. The molecule has 0 aromatic heterocycles. The maximum atomic E-state index is 11.8. The largest absolute Gasteiger partial charge is 0.493 e. The van der Waals surface area contributed by atoms with Crippen LogP contribution >= 0.6 is 0 Å². The Hall–Kier alpha value is -1.55. The van der Waals surface area contributed by atoms with Crippen molar-refractivity contribution in [3.63, 3.8) is 0 Å². The Morgan fingerprint density at radius 3 is 2.81 bits per heavy atom. The Labute approximate surface area is 156 Å². The minimum absolute atomic E-state index is 0.325. The van der Waals surface area contributed by atoms with Crippen molar-refractivity contribution in [3.05, 3.63) is 29.8 Å². The van der Waals surface area contributed by atoms with E-state index in [2.05, 4.69) is 23.1 Å². The van der Waals surface area contributed by atoms with Crippen LogP contribution in [0.1, 0.15) is 56.9 Å². The summed E-state index contributed by atoms with van der Waals surface area (Å²) in [6.07, 6.45) is 9.63. The number of hydrogen-bond donors (Lipinski definition) is 1. The van der Waals surface area contributed by atoms with E-state index < -0.39 is 11.4 Å². The van der Waals surface area contributed by atoms with Gasteiger partial charge in [-0.15, -0.1) is 0 Å². The SMILES string of the molecule is O=C(O)[C@@]12CCC[C@H]1CN(Cc1cccc(OCC3CCCCC3)c1)C2. The second-order valence-electron chi connectivity index (χ2n) is 8.68. The molecule has 142 valence electrons. The lowest BCUT2D eigenvalue weighted by molar-refractivity contribution is -0.149. The number of rotatable bonds is 6. The Morgan fingerprint density at radius 1 is 1.19 bits per heavy atom. The van der Waals surface area contributed by atoms with Crippen molar-refractivity contribution < 1.29 is 14.6 Å². The zero-order valence-corrected chi connectivity index (χ0v) is 15.7. The number of hydrogen-bond acceptors (Lipinski definition) is 3. The third kappa shape index (κ3) is 3.62. The molecule has 3 aliphatic rings. The zero-order valence-electron chi connectivity index (χ0n) is 15.7. The van der Waals surface area contributed by atoms with Gasteiger partial charge in [0.25, 0.3) is 0 Å². The zero-order chi connectivity index (χ0) is 18.0. The highest BCUT2D eigenvalue weighted by molar-refractivity contribution is 5.76. The van der Waals surface area contributed by atoms with Gasteiger partial charge in [-0.1, -0.05) is 37.8 Å². The number of fused-ring (bicyclic) bond motifs is 1. The lowest BCUT2D eigenvalue weighted by Gasteiger charge is -2.23. The van der Waals surface area contributed by atoms with Crippen molar-refractivity contribution >= 4 is 5.97 Å². The number of carboxylic acids is 1. The number of benzene rings is 1. The molecular formula is C22H31NO3. The summed E-state index contributed by atoms with van der Waals surface area (Å²) in [5.41, 5.74) is 0.737. The summed E-state index contributed by atoms with van der Waals surface area (Å²) >= 11 is 0. The van der Waals surface area contributed by atoms with Crippen molar-refractivity contribution in [3.8, 4) is 5.75 Å². The van der Waals surface area contributed by atoms with Crippen molar-refractivity contribution in [2.75, 3.05) is 19.7 Å². The van der Waals surface area contributed by atoms with Crippen molar-refractivity contribution in [2.45, 2.75) is 57.9 Å². The molecule has 3 fully saturated rings. The van der Waals surface area contributed by atoms with Crippen LogP contribution in [0.2, 0.25) is 0 Å². The minimum Gasteiger partial charge on any atom is -0.493 e. The van der Waals surface area contributed by atoms with Crippen LogP contribution in [0.15, 0.2) is 24.3 Å². The first kappa shape index (κ1) is 17.8. The fourth-order valence-electron chi connectivity index (χ4n) is 5.42. The Morgan fingerprint density at radius 2 is 2.04 bits per heavy atom. The van der Waals surface area contributed by atoms with E-state index in [0.717, 1.165) is 44.7 Å². The van der Waals surface area contributed by atoms with Crippen molar-refractivity contribution in [2.24, 2.45) is 17.3 Å². The summed E-state index contributed by atoms with van der Waals surface area (Å²) in [4.78, 5) is 14.2. The quantitative estimate of drug-likeness (QED) is 0.823. The number of carboxylic acid groups (broad SMARTS) is 1. The van der Waals surface area contributed by atoms with Crippen molar-refractivity contribution in [1.29, 1.82) is 0 Å². The molecule has 4 nitrogen and oxygen atoms in total.